The van der Waals surface area contributed by atoms with E-state index < -0.39 is 28.6 Å². The first-order chi connectivity index (χ1) is 13.9. The van der Waals surface area contributed by atoms with Gasteiger partial charge in [-0.05, 0) is 42.1 Å². The van der Waals surface area contributed by atoms with Crippen LogP contribution < -0.4 is 11.2 Å². The van der Waals surface area contributed by atoms with Crippen LogP contribution in [-0.4, -0.2) is 9.13 Å². The molecule has 0 bridgehead atoms. The molecule has 0 unspecified atom stereocenters. The van der Waals surface area contributed by atoms with E-state index in [1.165, 1.54) is 11.6 Å². The van der Waals surface area contributed by atoms with Crippen LogP contribution in [0.3, 0.4) is 0 Å². The zero-order valence-electron chi connectivity index (χ0n) is 15.5. The smallest absolute Gasteiger partial charge is 0.295 e. The number of hydrogen-bond donors (Lipinski definition) is 0. The number of fused-ring (bicyclic) bond motifs is 1. The van der Waals surface area contributed by atoms with Crippen molar-refractivity contribution in [2.24, 2.45) is 7.05 Å². The van der Waals surface area contributed by atoms with Crippen molar-refractivity contribution in [3.63, 3.8) is 0 Å². The zero-order valence-corrected chi connectivity index (χ0v) is 16.3. The van der Waals surface area contributed by atoms with Gasteiger partial charge in [0, 0.05) is 18.2 Å². The van der Waals surface area contributed by atoms with Crippen molar-refractivity contribution in [1.29, 1.82) is 0 Å². The van der Waals surface area contributed by atoms with Crippen molar-refractivity contribution in [2.75, 3.05) is 0 Å². The van der Waals surface area contributed by atoms with E-state index in [1.807, 2.05) is 6.07 Å². The van der Waals surface area contributed by atoms with E-state index in [0.29, 0.717) is 15.6 Å². The van der Waals surface area contributed by atoms with E-state index >= 15 is 0 Å². The average molecular weight is 408 g/mol. The predicted octanol–water partition coefficient (Wildman–Crippen LogP) is 3.74. The number of benzene rings is 2. The highest BCUT2D eigenvalue weighted by Gasteiger charge is 2.21. The lowest BCUT2D eigenvalue weighted by molar-refractivity contribution is 0.559. The van der Waals surface area contributed by atoms with Crippen LogP contribution in [0.15, 0.2) is 57.4 Å². The Balaban J connectivity index is 1.91. The van der Waals surface area contributed by atoms with E-state index in [2.05, 4.69) is 11.8 Å². The van der Waals surface area contributed by atoms with Crippen LogP contribution in [0.2, 0.25) is 0 Å². The molecule has 29 heavy (non-hydrogen) atoms. The number of nitrogens with zero attached hydrogens (tertiary/aromatic N) is 2. The summed E-state index contributed by atoms with van der Waals surface area (Å²) in [4.78, 5) is 25.5. The average Bonchev–Trinajstić information content (AvgIpc) is 3.09. The molecule has 0 spiro atoms. The minimum Gasteiger partial charge on any atom is -0.295 e. The Kier molecular flexibility index (Phi) is 4.65. The number of aromatic nitrogens is 2. The van der Waals surface area contributed by atoms with Gasteiger partial charge in [-0.3, -0.25) is 9.36 Å². The molecule has 2 aromatic heterocycles. The van der Waals surface area contributed by atoms with E-state index in [1.54, 1.807) is 36.6 Å². The molecule has 0 atom stereocenters. The molecule has 0 radical (unpaired) electrons. The summed E-state index contributed by atoms with van der Waals surface area (Å²) in [5.41, 5.74) is -0.249. The second-order valence-corrected chi connectivity index (χ2v) is 7.36. The molecule has 4 rings (SSSR count). The van der Waals surface area contributed by atoms with E-state index in [0.717, 1.165) is 29.0 Å². The molecule has 2 heterocycles. The zero-order chi connectivity index (χ0) is 20.7. The van der Waals surface area contributed by atoms with E-state index in [9.17, 15) is 18.4 Å². The van der Waals surface area contributed by atoms with Gasteiger partial charge in [-0.15, -0.1) is 11.3 Å². The van der Waals surface area contributed by atoms with E-state index in [4.69, 9.17) is 0 Å². The van der Waals surface area contributed by atoms with Crippen molar-refractivity contribution in [1.82, 2.24) is 9.13 Å². The summed E-state index contributed by atoms with van der Waals surface area (Å²) in [6.45, 7) is 1.77. The summed E-state index contributed by atoms with van der Waals surface area (Å²) in [7, 11) is 1.47. The Bertz CT molecular complexity index is 1410. The van der Waals surface area contributed by atoms with Gasteiger partial charge in [0.25, 0.3) is 5.56 Å². The molecule has 0 aliphatic heterocycles. The van der Waals surface area contributed by atoms with Crippen LogP contribution in [0.25, 0.3) is 15.9 Å². The highest BCUT2D eigenvalue weighted by Crippen LogP contribution is 2.22. The van der Waals surface area contributed by atoms with Crippen molar-refractivity contribution >= 4 is 21.6 Å². The molecule has 0 aliphatic carbocycles. The number of thiophene rings is 1. The topological polar surface area (TPSA) is 44.0 Å². The quantitative estimate of drug-likeness (QED) is 0.451. The van der Waals surface area contributed by atoms with Crippen LogP contribution in [-0.2, 0) is 7.05 Å². The van der Waals surface area contributed by atoms with Gasteiger partial charge >= 0.3 is 5.69 Å². The molecule has 0 amide bonds. The fraction of sp³-hybridized carbons (Fsp3) is 0.0909. The molecular weight excluding hydrogens is 394 g/mol. The first-order valence-electron chi connectivity index (χ1n) is 8.65. The third-order valence-electron chi connectivity index (χ3n) is 4.52. The summed E-state index contributed by atoms with van der Waals surface area (Å²) in [6.07, 6.45) is 0. The van der Waals surface area contributed by atoms with Gasteiger partial charge in [-0.2, -0.15) is 0 Å². The van der Waals surface area contributed by atoms with Gasteiger partial charge < -0.3 is 0 Å². The summed E-state index contributed by atoms with van der Waals surface area (Å²) in [5.74, 6) is 3.45. The van der Waals surface area contributed by atoms with Crippen LogP contribution in [0.4, 0.5) is 8.78 Å². The number of rotatable bonds is 1. The second-order valence-electron chi connectivity index (χ2n) is 6.48. The largest absolute Gasteiger partial charge is 0.336 e. The van der Waals surface area contributed by atoms with Crippen LogP contribution in [0.1, 0.15) is 16.7 Å². The van der Waals surface area contributed by atoms with Crippen LogP contribution in [0.5, 0.6) is 0 Å². The molecule has 2 aromatic carbocycles. The maximum atomic E-state index is 14.8. The molecule has 0 fully saturated rings. The minimum absolute atomic E-state index is 0.102. The Morgan fingerprint density at radius 1 is 0.966 bits per heavy atom. The van der Waals surface area contributed by atoms with Crippen LogP contribution >= 0.6 is 11.3 Å². The van der Waals surface area contributed by atoms with Crippen molar-refractivity contribution in [2.45, 2.75) is 6.92 Å². The predicted molar refractivity (Wildman–Crippen MR) is 110 cm³/mol. The number of halogens is 2. The lowest BCUT2D eigenvalue weighted by atomic mass is 10.1. The van der Waals surface area contributed by atoms with Gasteiger partial charge in [0.05, 0.1) is 5.52 Å². The summed E-state index contributed by atoms with van der Waals surface area (Å²) < 4.78 is 31.6. The maximum absolute atomic E-state index is 14.8. The standard InChI is InChI=1S/C22H14F2N2O2S/c1-13-12-29-20-18(13)25(2)22(28)26(21(20)27)19-16(23)10-15(11-17(19)24)9-8-14-6-4-3-5-7-14/h3-7,10-12H,1-2H3. The lowest BCUT2D eigenvalue weighted by Gasteiger charge is -2.11. The fourth-order valence-electron chi connectivity index (χ4n) is 3.15. The Labute approximate surface area is 168 Å². The van der Waals surface area contributed by atoms with Gasteiger partial charge in [-0.1, -0.05) is 30.0 Å². The van der Waals surface area contributed by atoms with Crippen molar-refractivity contribution in [3.8, 4) is 17.5 Å². The van der Waals surface area contributed by atoms with E-state index in [-0.39, 0.29) is 10.3 Å². The SMILES string of the molecule is Cc1csc2c(=O)n(-c3c(F)cc(C#Cc4ccccc4)cc3F)c(=O)n(C)c12. The fourth-order valence-corrected chi connectivity index (χ4v) is 4.16. The normalized spacial score (nSPS) is 10.8. The first-order valence-corrected chi connectivity index (χ1v) is 9.52. The van der Waals surface area contributed by atoms with Gasteiger partial charge in [-0.25, -0.2) is 18.1 Å². The first kappa shape index (κ1) is 18.8. The second kappa shape index (κ2) is 7.15. The third kappa shape index (κ3) is 3.18. The highest BCUT2D eigenvalue weighted by atomic mass is 32.1. The van der Waals surface area contributed by atoms with Crippen LogP contribution in [0, 0.1) is 30.4 Å². The third-order valence-corrected chi connectivity index (χ3v) is 5.59. The number of aryl methyl sites for hydroxylation is 2. The lowest BCUT2D eigenvalue weighted by Crippen LogP contribution is -2.38. The molecule has 4 nitrogen and oxygen atoms in total. The Hall–Kier alpha value is -3.50. The van der Waals surface area contributed by atoms with Crippen molar-refractivity contribution < 1.29 is 8.78 Å². The van der Waals surface area contributed by atoms with Crippen molar-refractivity contribution in [3.05, 3.63) is 97.0 Å². The molecule has 0 N–H and O–H groups in total. The minimum atomic E-state index is -1.03. The highest BCUT2D eigenvalue weighted by molar-refractivity contribution is 7.17. The molecule has 0 saturated carbocycles. The number of hydrogen-bond acceptors (Lipinski definition) is 3. The molecule has 144 valence electrons. The molecule has 0 aliphatic rings. The molecule has 4 aromatic rings. The maximum Gasteiger partial charge on any atom is 0.336 e. The monoisotopic (exact) mass is 408 g/mol. The summed E-state index contributed by atoms with van der Waals surface area (Å²) in [6, 6.07) is 11.0. The summed E-state index contributed by atoms with van der Waals surface area (Å²) in [5, 5.41) is 1.73. The van der Waals surface area contributed by atoms with Gasteiger partial charge in [0.15, 0.2) is 11.6 Å². The molecule has 0 saturated heterocycles. The van der Waals surface area contributed by atoms with Gasteiger partial charge in [0.2, 0.25) is 0 Å². The van der Waals surface area contributed by atoms with Gasteiger partial charge in [0.1, 0.15) is 10.4 Å². The molecule has 7 heteroatoms. The summed E-state index contributed by atoms with van der Waals surface area (Å²) >= 11 is 1.13. The molecular formula is C22H14F2N2O2S. The Morgan fingerprint density at radius 3 is 2.24 bits per heavy atom. The Morgan fingerprint density at radius 2 is 1.59 bits per heavy atom.